The van der Waals surface area contributed by atoms with Crippen molar-refractivity contribution in [3.63, 3.8) is 0 Å². The van der Waals surface area contributed by atoms with E-state index in [1.54, 1.807) is 24.4 Å². The van der Waals surface area contributed by atoms with Gasteiger partial charge in [0.15, 0.2) is 0 Å². The molecule has 0 saturated heterocycles. The fourth-order valence-corrected chi connectivity index (χ4v) is 2.14. The molecule has 1 aromatic carbocycles. The van der Waals surface area contributed by atoms with Gasteiger partial charge in [0.25, 0.3) is 5.69 Å². The number of aromatic nitrogens is 1. The average molecular weight is 352 g/mol. The van der Waals surface area contributed by atoms with Crippen molar-refractivity contribution >= 4 is 27.3 Å². The minimum Gasteiger partial charge on any atom is -0.478 e. The average Bonchev–Trinajstić information content (AvgIpc) is 2.46. The second-order valence-corrected chi connectivity index (χ2v) is 5.12. The van der Waals surface area contributed by atoms with Crippen LogP contribution in [0.1, 0.15) is 12.5 Å². The Kier molecular flexibility index (Phi) is 5.10. The summed E-state index contributed by atoms with van der Waals surface area (Å²) in [5.41, 5.74) is 1.44. The number of hydrogen-bond donors (Lipinski definition) is 1. The molecule has 0 unspecified atom stereocenters. The molecule has 0 amide bonds. The molecule has 0 aliphatic rings. The molecule has 1 N–H and O–H groups in total. The first-order chi connectivity index (χ1) is 10.1. The van der Waals surface area contributed by atoms with Crippen LogP contribution in [-0.2, 0) is 6.54 Å². The van der Waals surface area contributed by atoms with Gasteiger partial charge in [-0.3, -0.25) is 10.1 Å². The van der Waals surface area contributed by atoms with Crippen molar-refractivity contribution in [3.8, 4) is 5.88 Å². The van der Waals surface area contributed by atoms with E-state index in [9.17, 15) is 10.1 Å². The van der Waals surface area contributed by atoms with Crippen molar-refractivity contribution in [3.05, 3.63) is 56.7 Å². The highest BCUT2D eigenvalue weighted by atomic mass is 79.9. The van der Waals surface area contributed by atoms with E-state index in [2.05, 4.69) is 26.2 Å². The first-order valence-corrected chi connectivity index (χ1v) is 7.15. The maximum atomic E-state index is 11.0. The number of nitrogens with zero attached hydrogens (tertiary/aromatic N) is 2. The van der Waals surface area contributed by atoms with Gasteiger partial charge in [0.2, 0.25) is 5.88 Å². The summed E-state index contributed by atoms with van der Waals surface area (Å²) >= 11 is 3.23. The van der Waals surface area contributed by atoms with E-state index in [-0.39, 0.29) is 5.69 Å². The van der Waals surface area contributed by atoms with E-state index in [1.165, 1.54) is 6.07 Å². The summed E-state index contributed by atoms with van der Waals surface area (Å²) in [5, 5.41) is 14.1. The summed E-state index contributed by atoms with van der Waals surface area (Å²) in [6.45, 7) is 2.88. The Morgan fingerprint density at radius 2 is 2.19 bits per heavy atom. The number of nitro groups is 1. The second kappa shape index (κ2) is 7.03. The molecule has 0 saturated carbocycles. The number of nitro benzene ring substituents is 1. The van der Waals surface area contributed by atoms with Gasteiger partial charge in [-0.05, 0) is 30.7 Å². The van der Waals surface area contributed by atoms with E-state index < -0.39 is 4.92 Å². The molecule has 1 aromatic heterocycles. The van der Waals surface area contributed by atoms with Crippen LogP contribution in [-0.4, -0.2) is 16.5 Å². The number of rotatable bonds is 6. The Labute approximate surface area is 130 Å². The quantitative estimate of drug-likeness (QED) is 0.633. The number of ether oxygens (including phenoxy) is 1. The molecule has 0 radical (unpaired) electrons. The molecule has 7 heteroatoms. The lowest BCUT2D eigenvalue weighted by Gasteiger charge is -2.08. The Bertz CT molecular complexity index is 649. The molecule has 0 fully saturated rings. The predicted octanol–water partition coefficient (Wildman–Crippen LogP) is 3.76. The molecule has 110 valence electrons. The molecule has 0 spiro atoms. The summed E-state index contributed by atoms with van der Waals surface area (Å²) in [6.07, 6.45) is 1.65. The van der Waals surface area contributed by atoms with Crippen LogP contribution in [0.5, 0.6) is 5.88 Å². The molecule has 6 nitrogen and oxygen atoms in total. The van der Waals surface area contributed by atoms with Gasteiger partial charge >= 0.3 is 0 Å². The van der Waals surface area contributed by atoms with Crippen LogP contribution in [0.4, 0.5) is 11.4 Å². The van der Waals surface area contributed by atoms with Crippen LogP contribution in [0, 0.1) is 10.1 Å². The normalized spacial score (nSPS) is 10.2. The van der Waals surface area contributed by atoms with E-state index >= 15 is 0 Å². The van der Waals surface area contributed by atoms with Crippen LogP contribution >= 0.6 is 15.9 Å². The van der Waals surface area contributed by atoms with Crippen LogP contribution in [0.2, 0.25) is 0 Å². The molecule has 0 atom stereocenters. The smallest absolute Gasteiger partial charge is 0.293 e. The highest BCUT2D eigenvalue weighted by Crippen LogP contribution is 2.28. The van der Waals surface area contributed by atoms with Crippen LogP contribution in [0.25, 0.3) is 0 Å². The van der Waals surface area contributed by atoms with Crippen LogP contribution in [0.3, 0.4) is 0 Å². The second-order valence-electron chi connectivity index (χ2n) is 4.21. The fourth-order valence-electron chi connectivity index (χ4n) is 1.79. The highest BCUT2D eigenvalue weighted by Gasteiger charge is 2.13. The first-order valence-electron chi connectivity index (χ1n) is 6.35. The Hall–Kier alpha value is -2.15. The number of benzene rings is 1. The standard InChI is InChI=1S/C14H14BrN3O3/c1-2-21-14-7-10(5-6-16-14)9-17-12-4-3-11(15)8-13(12)18(19)20/h3-8,17H,2,9H2,1H3. The summed E-state index contributed by atoms with van der Waals surface area (Å²) in [7, 11) is 0. The molecular formula is C14H14BrN3O3. The minimum absolute atomic E-state index is 0.0310. The van der Waals surface area contributed by atoms with Gasteiger partial charge in [-0.15, -0.1) is 0 Å². The lowest BCUT2D eigenvalue weighted by Crippen LogP contribution is -2.03. The Morgan fingerprint density at radius 3 is 2.90 bits per heavy atom. The number of anilines is 1. The predicted molar refractivity (Wildman–Crippen MR) is 83.5 cm³/mol. The van der Waals surface area contributed by atoms with Crippen molar-refractivity contribution < 1.29 is 9.66 Å². The number of pyridine rings is 1. The molecular weight excluding hydrogens is 338 g/mol. The lowest BCUT2D eigenvalue weighted by atomic mass is 10.2. The van der Waals surface area contributed by atoms with Gasteiger partial charge < -0.3 is 10.1 Å². The maximum Gasteiger partial charge on any atom is 0.293 e. The van der Waals surface area contributed by atoms with Crippen LogP contribution in [0.15, 0.2) is 41.0 Å². The molecule has 2 aromatic rings. The SMILES string of the molecule is CCOc1cc(CNc2ccc(Br)cc2[N+](=O)[O-])ccn1. The molecule has 2 rings (SSSR count). The van der Waals surface area contributed by atoms with E-state index in [0.717, 1.165) is 5.56 Å². The summed E-state index contributed by atoms with van der Waals surface area (Å²) in [6, 6.07) is 8.54. The summed E-state index contributed by atoms with van der Waals surface area (Å²) in [4.78, 5) is 14.7. The van der Waals surface area contributed by atoms with Gasteiger partial charge in [0.1, 0.15) is 5.69 Å². The third kappa shape index (κ3) is 4.16. The largest absolute Gasteiger partial charge is 0.478 e. The van der Waals surface area contributed by atoms with Gasteiger partial charge in [-0.1, -0.05) is 15.9 Å². The van der Waals surface area contributed by atoms with Gasteiger partial charge in [0, 0.05) is 29.3 Å². The van der Waals surface area contributed by atoms with Crippen molar-refractivity contribution in [1.29, 1.82) is 0 Å². The Balaban J connectivity index is 2.13. The number of halogens is 1. The third-order valence-electron chi connectivity index (χ3n) is 2.73. The van der Waals surface area contributed by atoms with Crippen molar-refractivity contribution in [1.82, 2.24) is 4.98 Å². The van der Waals surface area contributed by atoms with Crippen molar-refractivity contribution in [2.75, 3.05) is 11.9 Å². The fraction of sp³-hybridized carbons (Fsp3) is 0.214. The summed E-state index contributed by atoms with van der Waals surface area (Å²) in [5.74, 6) is 0.544. The topological polar surface area (TPSA) is 77.3 Å². The monoisotopic (exact) mass is 351 g/mol. The zero-order valence-corrected chi connectivity index (χ0v) is 13.0. The molecule has 0 bridgehead atoms. The van der Waals surface area contributed by atoms with Crippen molar-refractivity contribution in [2.45, 2.75) is 13.5 Å². The van der Waals surface area contributed by atoms with Crippen molar-refractivity contribution in [2.24, 2.45) is 0 Å². The number of hydrogen-bond acceptors (Lipinski definition) is 5. The first kappa shape index (κ1) is 15.2. The van der Waals surface area contributed by atoms with E-state index in [1.807, 2.05) is 13.0 Å². The minimum atomic E-state index is -0.411. The zero-order valence-electron chi connectivity index (χ0n) is 11.4. The van der Waals surface area contributed by atoms with Gasteiger partial charge in [0.05, 0.1) is 11.5 Å². The lowest BCUT2D eigenvalue weighted by molar-refractivity contribution is -0.384. The van der Waals surface area contributed by atoms with E-state index in [0.29, 0.717) is 29.2 Å². The molecule has 21 heavy (non-hydrogen) atoms. The number of nitrogens with one attached hydrogen (secondary N) is 1. The van der Waals surface area contributed by atoms with Crippen LogP contribution < -0.4 is 10.1 Å². The highest BCUT2D eigenvalue weighted by molar-refractivity contribution is 9.10. The van der Waals surface area contributed by atoms with E-state index in [4.69, 9.17) is 4.74 Å². The molecule has 1 heterocycles. The van der Waals surface area contributed by atoms with Gasteiger partial charge in [-0.25, -0.2) is 4.98 Å². The maximum absolute atomic E-state index is 11.0. The molecule has 0 aliphatic carbocycles. The third-order valence-corrected chi connectivity index (χ3v) is 3.22. The zero-order chi connectivity index (χ0) is 15.2. The molecule has 0 aliphatic heterocycles. The van der Waals surface area contributed by atoms with Gasteiger partial charge in [-0.2, -0.15) is 0 Å². The Morgan fingerprint density at radius 1 is 1.38 bits per heavy atom. The summed E-state index contributed by atoms with van der Waals surface area (Å²) < 4.78 is 5.99.